The van der Waals surface area contributed by atoms with Crippen LogP contribution in [0.5, 0.6) is 0 Å². The van der Waals surface area contributed by atoms with Gasteiger partial charge < -0.3 is 14.6 Å². The SMILES string of the molecule is CC[C@H](C)[C@H](NS(=O)(=O)c1ccccc1)[C@H](O)C(Cl)CC1OCCCO1. The highest BCUT2D eigenvalue weighted by atomic mass is 35.5. The van der Waals surface area contributed by atoms with Gasteiger partial charge in [0, 0.05) is 6.42 Å². The van der Waals surface area contributed by atoms with Crippen molar-refractivity contribution < 1.29 is 23.0 Å². The van der Waals surface area contributed by atoms with E-state index in [2.05, 4.69) is 4.72 Å². The molecule has 1 unspecified atom stereocenters. The number of aliphatic hydroxyl groups is 1. The highest BCUT2D eigenvalue weighted by molar-refractivity contribution is 7.89. The van der Waals surface area contributed by atoms with E-state index in [4.69, 9.17) is 21.1 Å². The van der Waals surface area contributed by atoms with Gasteiger partial charge in [0.15, 0.2) is 6.29 Å². The Morgan fingerprint density at radius 1 is 1.27 bits per heavy atom. The van der Waals surface area contributed by atoms with Crippen LogP contribution >= 0.6 is 11.6 Å². The smallest absolute Gasteiger partial charge is 0.240 e. The molecule has 4 atom stereocenters. The molecule has 1 saturated heterocycles. The van der Waals surface area contributed by atoms with Crippen LogP contribution in [-0.2, 0) is 19.5 Å². The number of ether oxygens (including phenoxy) is 2. The third-order valence-electron chi connectivity index (χ3n) is 4.65. The Balaban J connectivity index is 2.10. The number of alkyl halides is 1. The second kappa shape index (κ2) is 10.0. The Labute approximate surface area is 160 Å². The molecule has 1 heterocycles. The Morgan fingerprint density at radius 2 is 1.88 bits per heavy atom. The van der Waals surface area contributed by atoms with Gasteiger partial charge in [-0.25, -0.2) is 13.1 Å². The molecular weight excluding hydrogens is 378 g/mol. The first-order valence-corrected chi connectivity index (χ1v) is 10.9. The number of halogens is 1. The zero-order valence-corrected chi connectivity index (χ0v) is 16.7. The molecule has 2 N–H and O–H groups in total. The zero-order valence-electron chi connectivity index (χ0n) is 15.2. The van der Waals surface area contributed by atoms with Gasteiger partial charge in [0.1, 0.15) is 0 Å². The van der Waals surface area contributed by atoms with Crippen molar-refractivity contribution in [2.75, 3.05) is 13.2 Å². The summed E-state index contributed by atoms with van der Waals surface area (Å²) < 4.78 is 38.9. The normalized spacial score (nSPS) is 21.1. The van der Waals surface area contributed by atoms with E-state index in [0.717, 1.165) is 6.42 Å². The van der Waals surface area contributed by atoms with Gasteiger partial charge >= 0.3 is 0 Å². The molecule has 0 aliphatic carbocycles. The molecule has 0 radical (unpaired) electrons. The summed E-state index contributed by atoms with van der Waals surface area (Å²) in [6, 6.07) is 7.39. The molecule has 148 valence electrons. The Morgan fingerprint density at radius 3 is 2.46 bits per heavy atom. The van der Waals surface area contributed by atoms with Crippen molar-refractivity contribution in [3.05, 3.63) is 30.3 Å². The minimum Gasteiger partial charge on any atom is -0.390 e. The topological polar surface area (TPSA) is 84.9 Å². The van der Waals surface area contributed by atoms with Crippen molar-refractivity contribution in [2.45, 2.75) is 61.8 Å². The maximum absolute atomic E-state index is 12.7. The lowest BCUT2D eigenvalue weighted by Gasteiger charge is -2.33. The minimum absolute atomic E-state index is 0.0991. The molecular formula is C18H28ClNO5S. The molecule has 8 heteroatoms. The highest BCUT2D eigenvalue weighted by Crippen LogP contribution is 2.24. The summed E-state index contributed by atoms with van der Waals surface area (Å²) in [6.07, 6.45) is 0.281. The Hall–Kier alpha value is -0.700. The number of sulfonamides is 1. The molecule has 1 aliphatic heterocycles. The first-order chi connectivity index (χ1) is 12.3. The van der Waals surface area contributed by atoms with Crippen molar-refractivity contribution >= 4 is 21.6 Å². The standard InChI is InChI=1S/C18H28ClNO5S/c1-3-13(2)17(20-26(22,23)14-8-5-4-6-9-14)18(21)15(19)12-16-24-10-7-11-25-16/h4-6,8-9,13,15-18,20-21H,3,7,10-12H2,1-2H3/t13-,15?,17-,18+/m0/s1. The van der Waals surface area contributed by atoms with Gasteiger partial charge in [-0.3, -0.25) is 0 Å². The molecule has 0 bridgehead atoms. The number of hydrogen-bond donors (Lipinski definition) is 2. The van der Waals surface area contributed by atoms with Gasteiger partial charge in [0.05, 0.1) is 35.6 Å². The third kappa shape index (κ3) is 5.90. The Bertz CT molecular complexity index is 636. The molecule has 2 rings (SSSR count). The van der Waals surface area contributed by atoms with Crippen LogP contribution in [0.15, 0.2) is 35.2 Å². The predicted molar refractivity (Wildman–Crippen MR) is 101 cm³/mol. The Kier molecular flexibility index (Phi) is 8.32. The molecule has 0 saturated carbocycles. The predicted octanol–water partition coefficient (Wildman–Crippen LogP) is 2.50. The van der Waals surface area contributed by atoms with Gasteiger partial charge in [-0.1, -0.05) is 38.5 Å². The van der Waals surface area contributed by atoms with E-state index in [1.807, 2.05) is 13.8 Å². The average Bonchev–Trinajstić information content (AvgIpc) is 2.66. The molecule has 6 nitrogen and oxygen atoms in total. The highest BCUT2D eigenvalue weighted by Gasteiger charge is 2.35. The summed E-state index contributed by atoms with van der Waals surface area (Å²) in [5.74, 6) is -0.0991. The quantitative estimate of drug-likeness (QED) is 0.616. The average molecular weight is 406 g/mol. The van der Waals surface area contributed by atoms with Crippen LogP contribution in [0.2, 0.25) is 0 Å². The van der Waals surface area contributed by atoms with Crippen LogP contribution in [0.4, 0.5) is 0 Å². The molecule has 26 heavy (non-hydrogen) atoms. The largest absolute Gasteiger partial charge is 0.390 e. The minimum atomic E-state index is -3.76. The van der Waals surface area contributed by atoms with E-state index in [1.54, 1.807) is 18.2 Å². The van der Waals surface area contributed by atoms with E-state index >= 15 is 0 Å². The maximum atomic E-state index is 12.7. The van der Waals surface area contributed by atoms with E-state index in [1.165, 1.54) is 12.1 Å². The lowest BCUT2D eigenvalue weighted by molar-refractivity contribution is -0.183. The number of benzene rings is 1. The summed E-state index contributed by atoms with van der Waals surface area (Å²) in [7, 11) is -3.76. The summed E-state index contributed by atoms with van der Waals surface area (Å²) in [6.45, 7) is 5.02. The molecule has 1 aromatic carbocycles. The molecule has 0 aromatic heterocycles. The van der Waals surface area contributed by atoms with E-state index in [9.17, 15) is 13.5 Å². The van der Waals surface area contributed by atoms with Gasteiger partial charge in [-0.2, -0.15) is 0 Å². The number of nitrogens with one attached hydrogen (secondary N) is 1. The maximum Gasteiger partial charge on any atom is 0.240 e. The summed E-state index contributed by atoms with van der Waals surface area (Å²) in [4.78, 5) is 0.158. The van der Waals surface area contributed by atoms with Crippen LogP contribution in [0.3, 0.4) is 0 Å². The van der Waals surface area contributed by atoms with Crippen LogP contribution < -0.4 is 4.72 Å². The lowest BCUT2D eigenvalue weighted by atomic mass is 9.92. The first kappa shape index (κ1) is 21.6. The van der Waals surface area contributed by atoms with Crippen molar-refractivity contribution in [3.63, 3.8) is 0 Å². The van der Waals surface area contributed by atoms with Crippen molar-refractivity contribution in [1.29, 1.82) is 0 Å². The van der Waals surface area contributed by atoms with E-state index in [0.29, 0.717) is 26.1 Å². The fraction of sp³-hybridized carbons (Fsp3) is 0.667. The van der Waals surface area contributed by atoms with Crippen molar-refractivity contribution in [3.8, 4) is 0 Å². The second-order valence-electron chi connectivity index (χ2n) is 6.61. The first-order valence-electron chi connectivity index (χ1n) is 8.98. The van der Waals surface area contributed by atoms with Crippen molar-refractivity contribution in [2.24, 2.45) is 5.92 Å². The monoisotopic (exact) mass is 405 g/mol. The molecule has 0 spiro atoms. The van der Waals surface area contributed by atoms with Gasteiger partial charge in [0.2, 0.25) is 10.0 Å². The third-order valence-corrected chi connectivity index (χ3v) is 6.57. The number of aliphatic hydroxyl groups excluding tert-OH is 1. The fourth-order valence-corrected chi connectivity index (χ4v) is 4.53. The van der Waals surface area contributed by atoms with Crippen LogP contribution in [0, 0.1) is 5.92 Å². The molecule has 0 amide bonds. The fourth-order valence-electron chi connectivity index (χ4n) is 2.84. The molecule has 1 aromatic rings. The summed E-state index contributed by atoms with van der Waals surface area (Å²) in [5.41, 5.74) is 0. The van der Waals surface area contributed by atoms with Gasteiger partial charge in [0.25, 0.3) is 0 Å². The van der Waals surface area contributed by atoms with Crippen LogP contribution in [-0.4, -0.2) is 50.6 Å². The zero-order chi connectivity index (χ0) is 19.2. The second-order valence-corrected chi connectivity index (χ2v) is 8.89. The van der Waals surface area contributed by atoms with Crippen LogP contribution in [0.1, 0.15) is 33.1 Å². The number of rotatable bonds is 9. The molecule has 1 aliphatic rings. The summed E-state index contributed by atoms with van der Waals surface area (Å²) in [5, 5.41) is 10.1. The van der Waals surface area contributed by atoms with Crippen molar-refractivity contribution in [1.82, 2.24) is 4.72 Å². The van der Waals surface area contributed by atoms with Gasteiger partial charge in [-0.15, -0.1) is 11.6 Å². The lowest BCUT2D eigenvalue weighted by Crippen LogP contribution is -2.51. The number of hydrogen-bond acceptors (Lipinski definition) is 5. The van der Waals surface area contributed by atoms with Crippen LogP contribution in [0.25, 0.3) is 0 Å². The summed E-state index contributed by atoms with van der Waals surface area (Å²) >= 11 is 6.39. The van der Waals surface area contributed by atoms with E-state index < -0.39 is 33.8 Å². The van der Waals surface area contributed by atoms with E-state index in [-0.39, 0.29) is 10.8 Å². The van der Waals surface area contributed by atoms with Gasteiger partial charge in [-0.05, 0) is 24.5 Å². The molecule has 1 fully saturated rings.